The second-order valence-electron chi connectivity index (χ2n) is 22.4. The molecule has 0 bridgehead atoms. The Morgan fingerprint density at radius 1 is 0.486 bits per heavy atom. The third-order valence-electron chi connectivity index (χ3n) is 13.9. The van der Waals surface area contributed by atoms with Crippen LogP contribution in [0.2, 0.25) is 0 Å². The summed E-state index contributed by atoms with van der Waals surface area (Å²) in [6.45, 7) is 4.54. The molecule has 9 heteroatoms. The Morgan fingerprint density at radius 2 is 0.838 bits per heavy atom. The molecule has 0 aliphatic carbocycles. The maximum Gasteiger partial charge on any atom is 0.268 e. The van der Waals surface area contributed by atoms with Gasteiger partial charge in [0.2, 0.25) is 5.91 Å². The topological polar surface area (TPSA) is 108 Å². The number of nitrogens with zero attached hydrogens (tertiary/aromatic N) is 1. The number of aliphatic hydroxyl groups excluding tert-OH is 1. The molecule has 74 heavy (non-hydrogen) atoms. The zero-order valence-electron chi connectivity index (χ0n) is 49.3. The summed E-state index contributed by atoms with van der Waals surface area (Å²) in [6, 6.07) is -0.908. The highest BCUT2D eigenvalue weighted by atomic mass is 31.2. The van der Waals surface area contributed by atoms with Crippen LogP contribution in [0.5, 0.6) is 0 Å². The highest BCUT2D eigenvalue weighted by molar-refractivity contribution is 7.45. The van der Waals surface area contributed by atoms with Gasteiger partial charge in [0.1, 0.15) is 13.2 Å². The number of phosphoric ester groups is 1. The predicted molar refractivity (Wildman–Crippen MR) is 320 cm³/mol. The van der Waals surface area contributed by atoms with E-state index in [0.717, 1.165) is 64.2 Å². The third kappa shape index (κ3) is 57.6. The van der Waals surface area contributed by atoms with Crippen LogP contribution in [0, 0.1) is 0 Å². The van der Waals surface area contributed by atoms with Crippen molar-refractivity contribution in [2.75, 3.05) is 40.9 Å². The number of unbranched alkanes of at least 4 members (excludes halogenated alkanes) is 34. The summed E-state index contributed by atoms with van der Waals surface area (Å²) in [5.74, 6) is -0.207. The highest BCUT2D eigenvalue weighted by Gasteiger charge is 2.23. The molecule has 0 heterocycles. The second-order valence-corrected chi connectivity index (χ2v) is 23.8. The standard InChI is InChI=1S/C65H121N2O6P/c1-6-8-10-12-14-16-18-20-22-24-26-28-30-32-33-35-37-39-41-43-45-47-49-51-53-55-57-59-65(69)66-63(62-73-74(70,71)72-61-60-67(3,4)5)64(68)58-56-54-52-50-48-46-44-42-40-38-36-34-31-29-27-25-23-21-19-17-15-13-11-9-7-2/h8,10,14,16,20,22,26,28,48,50,56,58,63-64,68H,6-7,9,11-13,15,17-19,21,23-25,27,29-47,49,51-55,57,59-62H2,1-5H3,(H-,66,69,70,71)/b10-8-,16-14-,22-20-,28-26-,50-48+,58-56+. The number of hydrogen-bond donors (Lipinski definition) is 2. The minimum Gasteiger partial charge on any atom is -0.756 e. The van der Waals surface area contributed by atoms with Gasteiger partial charge in [-0.3, -0.25) is 9.36 Å². The van der Waals surface area contributed by atoms with E-state index < -0.39 is 26.6 Å². The lowest BCUT2D eigenvalue weighted by molar-refractivity contribution is -0.870. The van der Waals surface area contributed by atoms with E-state index in [1.54, 1.807) is 6.08 Å². The first-order valence-electron chi connectivity index (χ1n) is 31.3. The van der Waals surface area contributed by atoms with Crippen LogP contribution in [0.25, 0.3) is 0 Å². The van der Waals surface area contributed by atoms with Crippen LogP contribution in [-0.4, -0.2) is 68.5 Å². The normalized spacial score (nSPS) is 14.3. The van der Waals surface area contributed by atoms with E-state index in [1.807, 2.05) is 27.2 Å². The molecule has 432 valence electrons. The number of nitrogens with one attached hydrogen (secondary N) is 1. The molecule has 0 aromatic carbocycles. The lowest BCUT2D eigenvalue weighted by Gasteiger charge is -2.29. The van der Waals surface area contributed by atoms with Crippen LogP contribution >= 0.6 is 7.82 Å². The number of carbonyl (C=O) groups excluding carboxylic acids is 1. The number of phosphoric acid groups is 1. The number of rotatable bonds is 57. The van der Waals surface area contributed by atoms with Crippen molar-refractivity contribution in [2.45, 2.75) is 296 Å². The maximum atomic E-state index is 13.0. The molecule has 0 radical (unpaired) electrons. The number of carbonyl (C=O) groups is 1. The molecule has 0 aromatic rings. The molecule has 1 amide bonds. The van der Waals surface area contributed by atoms with Crippen molar-refractivity contribution in [1.82, 2.24) is 5.32 Å². The van der Waals surface area contributed by atoms with Gasteiger partial charge in [-0.15, -0.1) is 0 Å². The lowest BCUT2D eigenvalue weighted by Crippen LogP contribution is -2.45. The van der Waals surface area contributed by atoms with E-state index in [0.29, 0.717) is 17.4 Å². The fraction of sp³-hybridized carbons (Fsp3) is 0.800. The molecule has 0 fully saturated rings. The summed E-state index contributed by atoms with van der Waals surface area (Å²) < 4.78 is 23.4. The number of quaternary nitrogens is 1. The summed E-state index contributed by atoms with van der Waals surface area (Å²) in [4.78, 5) is 25.6. The number of allylic oxidation sites excluding steroid dienone is 11. The summed E-state index contributed by atoms with van der Waals surface area (Å²) in [6.07, 6.45) is 77.1. The van der Waals surface area contributed by atoms with Crippen LogP contribution in [-0.2, 0) is 18.4 Å². The first-order valence-corrected chi connectivity index (χ1v) is 32.8. The Balaban J connectivity index is 4.19. The zero-order valence-corrected chi connectivity index (χ0v) is 50.2. The smallest absolute Gasteiger partial charge is 0.268 e. The average Bonchev–Trinajstić information content (AvgIpc) is 3.36. The molecule has 0 spiro atoms. The van der Waals surface area contributed by atoms with E-state index >= 15 is 0 Å². The third-order valence-corrected chi connectivity index (χ3v) is 14.9. The van der Waals surface area contributed by atoms with Crippen molar-refractivity contribution in [3.8, 4) is 0 Å². The summed E-state index contributed by atoms with van der Waals surface area (Å²) in [5, 5.41) is 13.9. The summed E-state index contributed by atoms with van der Waals surface area (Å²) in [5.41, 5.74) is 0. The summed E-state index contributed by atoms with van der Waals surface area (Å²) in [7, 11) is 1.24. The maximum absolute atomic E-state index is 13.0. The first-order chi connectivity index (χ1) is 36.0. The van der Waals surface area contributed by atoms with Crippen LogP contribution < -0.4 is 10.2 Å². The van der Waals surface area contributed by atoms with Gasteiger partial charge in [0.25, 0.3) is 7.82 Å². The van der Waals surface area contributed by atoms with Gasteiger partial charge in [0, 0.05) is 6.42 Å². The minimum absolute atomic E-state index is 0.00812. The summed E-state index contributed by atoms with van der Waals surface area (Å²) >= 11 is 0. The number of likely N-dealkylation sites (N-methyl/N-ethyl adjacent to an activating group) is 1. The Morgan fingerprint density at radius 3 is 1.26 bits per heavy atom. The minimum atomic E-state index is -4.61. The van der Waals surface area contributed by atoms with E-state index in [9.17, 15) is 19.4 Å². The zero-order chi connectivity index (χ0) is 54.2. The van der Waals surface area contributed by atoms with Gasteiger partial charge >= 0.3 is 0 Å². The van der Waals surface area contributed by atoms with Crippen molar-refractivity contribution in [3.63, 3.8) is 0 Å². The fourth-order valence-corrected chi connectivity index (χ4v) is 9.77. The molecule has 0 aromatic heterocycles. The quantitative estimate of drug-likeness (QED) is 0.0272. The Labute approximate surface area is 459 Å². The van der Waals surface area contributed by atoms with Crippen molar-refractivity contribution in [1.29, 1.82) is 0 Å². The van der Waals surface area contributed by atoms with Gasteiger partial charge in [-0.1, -0.05) is 279 Å². The van der Waals surface area contributed by atoms with Crippen molar-refractivity contribution < 1.29 is 32.9 Å². The van der Waals surface area contributed by atoms with Crippen molar-refractivity contribution >= 4 is 13.7 Å². The Kier molecular flexibility index (Phi) is 54.1. The molecule has 0 aliphatic rings. The van der Waals surface area contributed by atoms with Crippen LogP contribution in [0.1, 0.15) is 284 Å². The first kappa shape index (κ1) is 71.9. The van der Waals surface area contributed by atoms with Gasteiger partial charge < -0.3 is 28.8 Å². The number of aliphatic hydroxyl groups is 1. The average molecular weight is 1060 g/mol. The number of hydrogen-bond acceptors (Lipinski definition) is 6. The molecule has 3 unspecified atom stereocenters. The highest BCUT2D eigenvalue weighted by Crippen LogP contribution is 2.38. The molecule has 0 rings (SSSR count). The van der Waals surface area contributed by atoms with Gasteiger partial charge in [-0.2, -0.15) is 0 Å². The van der Waals surface area contributed by atoms with E-state index in [1.165, 1.54) is 199 Å². The van der Waals surface area contributed by atoms with Crippen LogP contribution in [0.3, 0.4) is 0 Å². The van der Waals surface area contributed by atoms with Crippen molar-refractivity contribution in [2.24, 2.45) is 0 Å². The molecule has 8 nitrogen and oxygen atoms in total. The monoisotopic (exact) mass is 1060 g/mol. The second kappa shape index (κ2) is 55.7. The van der Waals surface area contributed by atoms with Crippen molar-refractivity contribution in [3.05, 3.63) is 72.9 Å². The molecular formula is C65H121N2O6P. The largest absolute Gasteiger partial charge is 0.756 e. The van der Waals surface area contributed by atoms with E-state index in [-0.39, 0.29) is 12.5 Å². The van der Waals surface area contributed by atoms with Gasteiger partial charge in [0.15, 0.2) is 0 Å². The molecule has 0 saturated heterocycles. The van der Waals surface area contributed by atoms with E-state index in [2.05, 4.69) is 79.9 Å². The molecule has 2 N–H and O–H groups in total. The van der Waals surface area contributed by atoms with Crippen LogP contribution in [0.4, 0.5) is 0 Å². The fourth-order valence-electron chi connectivity index (χ4n) is 9.05. The van der Waals surface area contributed by atoms with Gasteiger partial charge in [-0.05, 0) is 70.6 Å². The molecular weight excluding hydrogens is 936 g/mol. The Hall–Kier alpha value is -2.06. The van der Waals surface area contributed by atoms with E-state index in [4.69, 9.17) is 9.05 Å². The molecule has 3 atom stereocenters. The molecule has 0 aliphatic heterocycles. The Bertz CT molecular complexity index is 1430. The van der Waals surface area contributed by atoms with Crippen LogP contribution in [0.15, 0.2) is 72.9 Å². The molecule has 0 saturated carbocycles. The lowest BCUT2D eigenvalue weighted by atomic mass is 10.0. The number of amides is 1. The predicted octanol–water partition coefficient (Wildman–Crippen LogP) is 18.8. The van der Waals surface area contributed by atoms with Gasteiger partial charge in [0.05, 0.1) is 39.9 Å². The van der Waals surface area contributed by atoms with Gasteiger partial charge in [-0.25, -0.2) is 0 Å². The SMILES string of the molecule is CC/C=C\C/C=C\C/C=C\C/C=C\CCCCCCCCCCCCCCCCC(=O)NC(COP(=O)([O-])OCC[N+](C)(C)C)C(O)/C=C/CC/C=C/CCCCCCCCCCCCCCCCCCCCC.